The molecule has 0 aliphatic rings. The van der Waals surface area contributed by atoms with Crippen LogP contribution in [0.1, 0.15) is 19.3 Å². The summed E-state index contributed by atoms with van der Waals surface area (Å²) in [5.74, 6) is -1.22. The minimum atomic E-state index is -0.970. The fourth-order valence-electron chi connectivity index (χ4n) is 1.40. The zero-order valence-corrected chi connectivity index (χ0v) is 13.2. The number of carbonyl (C=O) groups is 2. The van der Waals surface area contributed by atoms with Crippen LogP contribution < -0.4 is 5.32 Å². The van der Waals surface area contributed by atoms with Crippen molar-refractivity contribution < 1.29 is 33.6 Å². The number of rotatable bonds is 16. The standard InChI is InChI=1S/C14H27NO7/c1-19-7-8-21-11-12-22-10-9-20-6-2-5-15-13(16)3-4-14(17)18/h2-12H2,1H3,(H,15,16)(H,17,18). The van der Waals surface area contributed by atoms with E-state index >= 15 is 0 Å². The first-order valence-electron chi connectivity index (χ1n) is 7.37. The first kappa shape index (κ1) is 20.8. The van der Waals surface area contributed by atoms with Crippen molar-refractivity contribution in [3.05, 3.63) is 0 Å². The van der Waals surface area contributed by atoms with Crippen molar-refractivity contribution in [2.45, 2.75) is 19.3 Å². The first-order valence-corrected chi connectivity index (χ1v) is 7.37. The average Bonchev–Trinajstić information content (AvgIpc) is 2.49. The second-order valence-electron chi connectivity index (χ2n) is 4.43. The quantitative estimate of drug-likeness (QED) is 0.387. The molecule has 0 rings (SSSR count). The monoisotopic (exact) mass is 321 g/mol. The van der Waals surface area contributed by atoms with Crippen LogP contribution in [0.4, 0.5) is 0 Å². The third-order valence-corrected chi connectivity index (χ3v) is 2.53. The molecular formula is C14H27NO7. The summed E-state index contributed by atoms with van der Waals surface area (Å²) in [5.41, 5.74) is 0. The Morgan fingerprint density at radius 2 is 1.41 bits per heavy atom. The van der Waals surface area contributed by atoms with Gasteiger partial charge in [-0.25, -0.2) is 0 Å². The van der Waals surface area contributed by atoms with Gasteiger partial charge in [-0.05, 0) is 6.42 Å². The van der Waals surface area contributed by atoms with Gasteiger partial charge in [-0.1, -0.05) is 0 Å². The zero-order chi connectivity index (χ0) is 16.5. The van der Waals surface area contributed by atoms with Gasteiger partial charge in [0.15, 0.2) is 0 Å². The van der Waals surface area contributed by atoms with Gasteiger partial charge in [0.1, 0.15) is 0 Å². The Morgan fingerprint density at radius 1 is 0.864 bits per heavy atom. The molecule has 8 nitrogen and oxygen atoms in total. The lowest BCUT2D eigenvalue weighted by atomic mass is 10.3. The average molecular weight is 321 g/mol. The van der Waals surface area contributed by atoms with Crippen molar-refractivity contribution >= 4 is 11.9 Å². The molecule has 0 saturated heterocycles. The molecule has 0 fully saturated rings. The van der Waals surface area contributed by atoms with Crippen LogP contribution in [0.2, 0.25) is 0 Å². The van der Waals surface area contributed by atoms with E-state index in [2.05, 4.69) is 5.32 Å². The normalized spacial score (nSPS) is 10.6. The van der Waals surface area contributed by atoms with E-state index < -0.39 is 5.97 Å². The minimum absolute atomic E-state index is 0.0104. The summed E-state index contributed by atoms with van der Waals surface area (Å²) in [7, 11) is 1.62. The van der Waals surface area contributed by atoms with Gasteiger partial charge in [-0.2, -0.15) is 0 Å². The van der Waals surface area contributed by atoms with E-state index in [9.17, 15) is 9.59 Å². The molecule has 8 heteroatoms. The molecule has 0 atom stereocenters. The van der Waals surface area contributed by atoms with E-state index in [0.717, 1.165) is 0 Å². The van der Waals surface area contributed by atoms with Crippen LogP contribution in [0.5, 0.6) is 0 Å². The van der Waals surface area contributed by atoms with Crippen LogP contribution in [-0.2, 0) is 28.5 Å². The highest BCUT2D eigenvalue weighted by molar-refractivity contribution is 5.80. The van der Waals surface area contributed by atoms with Crippen LogP contribution in [-0.4, -0.2) is 76.9 Å². The molecule has 22 heavy (non-hydrogen) atoms. The summed E-state index contributed by atoms with van der Waals surface area (Å²) in [6.45, 7) is 4.19. The summed E-state index contributed by atoms with van der Waals surface area (Å²) in [6, 6.07) is 0. The molecule has 0 aromatic heterocycles. The maximum Gasteiger partial charge on any atom is 0.303 e. The first-order chi connectivity index (χ1) is 10.7. The molecule has 0 aliphatic carbocycles. The summed E-state index contributed by atoms with van der Waals surface area (Å²) < 4.78 is 20.7. The van der Waals surface area contributed by atoms with E-state index in [1.807, 2.05) is 0 Å². The Labute approximate surface area is 131 Å². The summed E-state index contributed by atoms with van der Waals surface area (Å²) in [5, 5.41) is 11.1. The van der Waals surface area contributed by atoms with E-state index in [4.69, 9.17) is 24.1 Å². The molecule has 2 N–H and O–H groups in total. The minimum Gasteiger partial charge on any atom is -0.481 e. The molecule has 0 heterocycles. The van der Waals surface area contributed by atoms with Gasteiger partial charge in [0.05, 0.1) is 46.1 Å². The van der Waals surface area contributed by atoms with Crippen LogP contribution in [0.3, 0.4) is 0 Å². The third kappa shape index (κ3) is 16.8. The molecule has 0 unspecified atom stereocenters. The predicted molar refractivity (Wildman–Crippen MR) is 78.8 cm³/mol. The molecular weight excluding hydrogens is 294 g/mol. The molecule has 0 saturated carbocycles. The fraction of sp³-hybridized carbons (Fsp3) is 0.857. The SMILES string of the molecule is COCCOCCOCCOCCCNC(=O)CCC(=O)O. The van der Waals surface area contributed by atoms with Gasteiger partial charge < -0.3 is 29.4 Å². The molecule has 0 aromatic carbocycles. The van der Waals surface area contributed by atoms with E-state index in [1.165, 1.54) is 0 Å². The van der Waals surface area contributed by atoms with Crippen LogP contribution in [0.15, 0.2) is 0 Å². The van der Waals surface area contributed by atoms with Gasteiger partial charge in [0, 0.05) is 26.7 Å². The van der Waals surface area contributed by atoms with Crippen molar-refractivity contribution in [2.24, 2.45) is 0 Å². The Hall–Kier alpha value is -1.22. The molecule has 130 valence electrons. The highest BCUT2D eigenvalue weighted by atomic mass is 16.6. The predicted octanol–water partition coefficient (Wildman–Crippen LogP) is 0.0537. The number of amides is 1. The van der Waals surface area contributed by atoms with E-state index in [-0.39, 0.29) is 18.7 Å². The van der Waals surface area contributed by atoms with E-state index in [1.54, 1.807) is 7.11 Å². The van der Waals surface area contributed by atoms with Gasteiger partial charge in [0.25, 0.3) is 0 Å². The smallest absolute Gasteiger partial charge is 0.303 e. The molecule has 0 radical (unpaired) electrons. The summed E-state index contributed by atoms with van der Waals surface area (Å²) in [4.78, 5) is 21.5. The van der Waals surface area contributed by atoms with Gasteiger partial charge in [-0.15, -0.1) is 0 Å². The van der Waals surface area contributed by atoms with Crippen molar-refractivity contribution in [1.82, 2.24) is 5.32 Å². The third-order valence-electron chi connectivity index (χ3n) is 2.53. The number of carboxylic acids is 1. The molecule has 0 aliphatic heterocycles. The van der Waals surface area contributed by atoms with Crippen molar-refractivity contribution in [3.63, 3.8) is 0 Å². The fourth-order valence-corrected chi connectivity index (χ4v) is 1.40. The number of carboxylic acid groups (broad SMARTS) is 1. The number of aliphatic carboxylic acids is 1. The maximum absolute atomic E-state index is 11.2. The number of methoxy groups -OCH3 is 1. The Morgan fingerprint density at radius 3 is 1.95 bits per heavy atom. The molecule has 0 aromatic rings. The number of carbonyl (C=O) groups excluding carboxylic acids is 1. The summed E-state index contributed by atoms with van der Waals surface area (Å²) >= 11 is 0. The maximum atomic E-state index is 11.2. The van der Waals surface area contributed by atoms with Crippen molar-refractivity contribution in [3.8, 4) is 0 Å². The van der Waals surface area contributed by atoms with Crippen LogP contribution in [0.25, 0.3) is 0 Å². The number of ether oxygens (including phenoxy) is 4. The number of hydrogen-bond acceptors (Lipinski definition) is 6. The van der Waals surface area contributed by atoms with Crippen molar-refractivity contribution in [2.75, 3.05) is 59.9 Å². The van der Waals surface area contributed by atoms with Gasteiger partial charge >= 0.3 is 5.97 Å². The largest absolute Gasteiger partial charge is 0.481 e. The zero-order valence-electron chi connectivity index (χ0n) is 13.2. The Balaban J connectivity index is 3.11. The second kappa shape index (κ2) is 16.2. The highest BCUT2D eigenvalue weighted by Crippen LogP contribution is 1.89. The van der Waals surface area contributed by atoms with Crippen molar-refractivity contribution in [1.29, 1.82) is 0 Å². The molecule has 1 amide bonds. The topological polar surface area (TPSA) is 103 Å². The second-order valence-corrected chi connectivity index (χ2v) is 4.43. The Bertz CT molecular complexity index is 286. The number of nitrogens with one attached hydrogen (secondary N) is 1. The lowest BCUT2D eigenvalue weighted by Crippen LogP contribution is -2.25. The van der Waals surface area contributed by atoms with Crippen LogP contribution >= 0.6 is 0 Å². The van der Waals surface area contributed by atoms with Gasteiger partial charge in [-0.3, -0.25) is 9.59 Å². The lowest BCUT2D eigenvalue weighted by molar-refractivity contribution is -0.138. The molecule has 0 spiro atoms. The van der Waals surface area contributed by atoms with Crippen LogP contribution in [0, 0.1) is 0 Å². The van der Waals surface area contributed by atoms with Gasteiger partial charge in [0.2, 0.25) is 5.91 Å². The molecule has 0 bridgehead atoms. The summed E-state index contributed by atoms with van der Waals surface area (Å²) in [6.07, 6.45) is 0.546. The Kier molecular flexibility index (Phi) is 15.3. The van der Waals surface area contributed by atoms with E-state index in [0.29, 0.717) is 59.2 Å². The number of hydrogen-bond donors (Lipinski definition) is 2. The highest BCUT2D eigenvalue weighted by Gasteiger charge is 2.03. The lowest BCUT2D eigenvalue weighted by Gasteiger charge is -2.07.